The number of carbonyl (C=O) groups is 1. The van der Waals surface area contributed by atoms with E-state index < -0.39 is 0 Å². The largest absolute Gasteiger partial charge is 0.497 e. The molecule has 0 saturated carbocycles. The molecule has 0 radical (unpaired) electrons. The lowest BCUT2D eigenvalue weighted by atomic mass is 10.1. The van der Waals surface area contributed by atoms with Gasteiger partial charge >= 0.3 is 6.03 Å². The van der Waals surface area contributed by atoms with Crippen LogP contribution in [0.5, 0.6) is 5.75 Å². The van der Waals surface area contributed by atoms with Gasteiger partial charge < -0.3 is 19.8 Å². The summed E-state index contributed by atoms with van der Waals surface area (Å²) in [5, 5.41) is 6.85. The first-order chi connectivity index (χ1) is 12.3. The van der Waals surface area contributed by atoms with Gasteiger partial charge in [-0.1, -0.05) is 30.3 Å². The molecular weight excluding hydrogens is 316 g/mol. The Labute approximate surface area is 147 Å². The van der Waals surface area contributed by atoms with Gasteiger partial charge in [-0.3, -0.25) is 0 Å². The third-order valence-corrected chi connectivity index (χ3v) is 4.10. The number of hydrogen-bond acceptors (Lipinski definition) is 3. The molecular formula is C20H22N2O3. The molecule has 1 heterocycles. The average Bonchev–Trinajstić information content (AvgIpc) is 3.06. The molecule has 1 aromatic heterocycles. The minimum absolute atomic E-state index is 0.152. The van der Waals surface area contributed by atoms with Gasteiger partial charge in [-0.15, -0.1) is 0 Å². The van der Waals surface area contributed by atoms with Crippen molar-refractivity contribution < 1.29 is 13.9 Å². The van der Waals surface area contributed by atoms with Gasteiger partial charge in [0.25, 0.3) is 0 Å². The SMILES string of the molecule is COc1ccc(CCNC(=O)NCCc2coc3ccccc23)cc1. The Bertz CT molecular complexity index is 824. The summed E-state index contributed by atoms with van der Waals surface area (Å²) in [6, 6.07) is 15.6. The molecule has 5 nitrogen and oxygen atoms in total. The van der Waals surface area contributed by atoms with Gasteiger partial charge in [0.05, 0.1) is 13.4 Å². The van der Waals surface area contributed by atoms with Crippen molar-refractivity contribution in [1.29, 1.82) is 0 Å². The van der Waals surface area contributed by atoms with Crippen LogP contribution in [0.3, 0.4) is 0 Å². The molecule has 0 atom stereocenters. The van der Waals surface area contributed by atoms with Crippen LogP contribution in [0.1, 0.15) is 11.1 Å². The lowest BCUT2D eigenvalue weighted by molar-refractivity contribution is 0.241. The molecule has 3 aromatic rings. The lowest BCUT2D eigenvalue weighted by Gasteiger charge is -2.08. The second-order valence-corrected chi connectivity index (χ2v) is 5.79. The third kappa shape index (κ3) is 4.53. The highest BCUT2D eigenvalue weighted by atomic mass is 16.5. The van der Waals surface area contributed by atoms with Crippen LogP contribution in [0.4, 0.5) is 4.79 Å². The first kappa shape index (κ1) is 16.9. The van der Waals surface area contributed by atoms with Gasteiger partial charge in [0, 0.05) is 18.5 Å². The Morgan fingerprint density at radius 2 is 1.72 bits per heavy atom. The van der Waals surface area contributed by atoms with E-state index >= 15 is 0 Å². The number of fused-ring (bicyclic) bond motifs is 1. The number of para-hydroxylation sites is 1. The summed E-state index contributed by atoms with van der Waals surface area (Å²) in [5.41, 5.74) is 3.14. The highest BCUT2D eigenvalue weighted by Gasteiger charge is 2.06. The summed E-state index contributed by atoms with van der Waals surface area (Å²) in [6.45, 7) is 1.16. The van der Waals surface area contributed by atoms with Crippen LogP contribution in [0.15, 0.2) is 59.2 Å². The van der Waals surface area contributed by atoms with Crippen LogP contribution in [0, 0.1) is 0 Å². The Balaban J connectivity index is 1.38. The second-order valence-electron chi connectivity index (χ2n) is 5.79. The monoisotopic (exact) mass is 338 g/mol. The van der Waals surface area contributed by atoms with Crippen molar-refractivity contribution in [3.8, 4) is 5.75 Å². The molecule has 0 aliphatic heterocycles. The van der Waals surface area contributed by atoms with Crippen molar-refractivity contribution >= 4 is 17.0 Å². The van der Waals surface area contributed by atoms with E-state index in [1.807, 2.05) is 48.5 Å². The van der Waals surface area contributed by atoms with Crippen LogP contribution in [-0.4, -0.2) is 26.2 Å². The molecule has 25 heavy (non-hydrogen) atoms. The predicted octanol–water partition coefficient (Wildman–Crippen LogP) is 3.53. The summed E-state index contributed by atoms with van der Waals surface area (Å²) in [4.78, 5) is 11.9. The zero-order valence-electron chi connectivity index (χ0n) is 14.2. The molecule has 2 aromatic carbocycles. The van der Waals surface area contributed by atoms with Gasteiger partial charge in [-0.2, -0.15) is 0 Å². The molecule has 3 rings (SSSR count). The summed E-state index contributed by atoms with van der Waals surface area (Å²) in [5.74, 6) is 0.834. The normalized spacial score (nSPS) is 10.6. The maximum absolute atomic E-state index is 11.9. The molecule has 0 fully saturated rings. The zero-order valence-corrected chi connectivity index (χ0v) is 14.2. The standard InChI is InChI=1S/C20H22N2O3/c1-24-17-8-6-15(7-9-17)10-12-21-20(23)22-13-11-16-14-25-19-5-3-2-4-18(16)19/h2-9,14H,10-13H2,1H3,(H2,21,22,23). The van der Waals surface area contributed by atoms with Crippen molar-refractivity contribution in [2.75, 3.05) is 20.2 Å². The van der Waals surface area contributed by atoms with E-state index in [4.69, 9.17) is 9.15 Å². The highest BCUT2D eigenvalue weighted by molar-refractivity contribution is 5.81. The van der Waals surface area contributed by atoms with E-state index in [1.165, 1.54) is 0 Å². The number of furan rings is 1. The smallest absolute Gasteiger partial charge is 0.314 e. The van der Waals surface area contributed by atoms with Crippen LogP contribution >= 0.6 is 0 Å². The molecule has 0 aliphatic rings. The van der Waals surface area contributed by atoms with E-state index in [2.05, 4.69) is 10.6 Å². The number of hydrogen-bond donors (Lipinski definition) is 2. The quantitative estimate of drug-likeness (QED) is 0.693. The number of benzene rings is 2. The van der Waals surface area contributed by atoms with Crippen molar-refractivity contribution in [1.82, 2.24) is 10.6 Å². The van der Waals surface area contributed by atoms with Crippen LogP contribution < -0.4 is 15.4 Å². The Kier molecular flexibility index (Phi) is 5.57. The van der Waals surface area contributed by atoms with Gasteiger partial charge in [0.15, 0.2) is 0 Å². The number of ether oxygens (including phenoxy) is 1. The summed E-state index contributed by atoms with van der Waals surface area (Å²) < 4.78 is 10.6. The lowest BCUT2D eigenvalue weighted by Crippen LogP contribution is -2.37. The Morgan fingerprint density at radius 1 is 1.00 bits per heavy atom. The number of amides is 2. The molecule has 130 valence electrons. The van der Waals surface area contributed by atoms with Crippen molar-refractivity contribution in [3.63, 3.8) is 0 Å². The Hall–Kier alpha value is -2.95. The molecule has 2 N–H and O–H groups in total. The molecule has 0 bridgehead atoms. The second kappa shape index (κ2) is 8.24. The zero-order chi connectivity index (χ0) is 17.5. The predicted molar refractivity (Wildman–Crippen MR) is 98.0 cm³/mol. The minimum atomic E-state index is -0.152. The Morgan fingerprint density at radius 3 is 2.48 bits per heavy atom. The molecule has 0 aliphatic carbocycles. The van der Waals surface area contributed by atoms with Gasteiger partial charge in [0.2, 0.25) is 0 Å². The molecule has 0 spiro atoms. The van der Waals surface area contributed by atoms with Gasteiger partial charge in [-0.25, -0.2) is 4.79 Å². The average molecular weight is 338 g/mol. The molecule has 5 heteroatoms. The van der Waals surface area contributed by atoms with Crippen molar-refractivity contribution in [2.45, 2.75) is 12.8 Å². The molecule has 2 amide bonds. The maximum atomic E-state index is 11.9. The van der Waals surface area contributed by atoms with E-state index in [0.717, 1.165) is 40.7 Å². The van der Waals surface area contributed by atoms with Crippen molar-refractivity contribution in [2.24, 2.45) is 0 Å². The maximum Gasteiger partial charge on any atom is 0.314 e. The number of carbonyl (C=O) groups excluding carboxylic acids is 1. The van der Waals surface area contributed by atoms with E-state index in [-0.39, 0.29) is 6.03 Å². The van der Waals surface area contributed by atoms with E-state index in [0.29, 0.717) is 13.1 Å². The fourth-order valence-electron chi connectivity index (χ4n) is 2.71. The van der Waals surface area contributed by atoms with E-state index in [9.17, 15) is 4.79 Å². The topological polar surface area (TPSA) is 63.5 Å². The summed E-state index contributed by atoms with van der Waals surface area (Å²) >= 11 is 0. The fourth-order valence-corrected chi connectivity index (χ4v) is 2.71. The number of urea groups is 1. The number of nitrogens with one attached hydrogen (secondary N) is 2. The number of methoxy groups -OCH3 is 1. The third-order valence-electron chi connectivity index (χ3n) is 4.10. The number of rotatable bonds is 7. The van der Waals surface area contributed by atoms with Crippen LogP contribution in [0.2, 0.25) is 0 Å². The summed E-state index contributed by atoms with van der Waals surface area (Å²) in [6.07, 6.45) is 3.28. The molecule has 0 saturated heterocycles. The first-order valence-corrected chi connectivity index (χ1v) is 8.36. The molecule has 0 unspecified atom stereocenters. The summed E-state index contributed by atoms with van der Waals surface area (Å²) in [7, 11) is 1.65. The van der Waals surface area contributed by atoms with E-state index in [1.54, 1.807) is 13.4 Å². The first-order valence-electron chi connectivity index (χ1n) is 8.36. The van der Waals surface area contributed by atoms with Crippen LogP contribution in [0.25, 0.3) is 11.0 Å². The van der Waals surface area contributed by atoms with Gasteiger partial charge in [-0.05, 0) is 42.2 Å². The van der Waals surface area contributed by atoms with Gasteiger partial charge in [0.1, 0.15) is 11.3 Å². The fraction of sp³-hybridized carbons (Fsp3) is 0.250. The van der Waals surface area contributed by atoms with Crippen LogP contribution in [-0.2, 0) is 12.8 Å². The highest BCUT2D eigenvalue weighted by Crippen LogP contribution is 2.20. The minimum Gasteiger partial charge on any atom is -0.497 e. The van der Waals surface area contributed by atoms with Crippen molar-refractivity contribution in [3.05, 3.63) is 65.9 Å².